The number of fused-ring (bicyclic) bond motifs is 4. The lowest BCUT2D eigenvalue weighted by molar-refractivity contribution is 0.0745. The van der Waals surface area contributed by atoms with Crippen LogP contribution < -0.4 is 9.64 Å². The number of amidine groups is 1. The second-order valence-electron chi connectivity index (χ2n) is 9.17. The number of ether oxygens (including phenoxy) is 1. The largest absolute Gasteiger partial charge is 0.493 e. The molecular weight excluding hydrogens is 482 g/mol. The Bertz CT molecular complexity index is 1100. The van der Waals surface area contributed by atoms with E-state index in [9.17, 15) is 0 Å². The molecule has 3 aliphatic rings. The lowest BCUT2D eigenvalue weighted by Gasteiger charge is -2.51. The van der Waals surface area contributed by atoms with Crippen LogP contribution in [0.15, 0.2) is 56.8 Å². The maximum atomic E-state index is 6.39. The zero-order chi connectivity index (χ0) is 22.6. The first-order valence-electron chi connectivity index (χ1n) is 11.4. The van der Waals surface area contributed by atoms with Gasteiger partial charge in [-0.05, 0) is 58.4 Å². The standard InChI is InChI=1S/C26H30BrN3OS/c1-6-29(7-2)19-12-13-20-22(14-19)31-15-21-23(20)28-25-30(26(21,4)5)24(16(3)32-25)17-8-10-18(27)11-9-17/h8-14,21,23H,6-7,15H2,1-5H3/t21-,23+/m0/s1. The van der Waals surface area contributed by atoms with Crippen LogP contribution in [0, 0.1) is 5.92 Å². The maximum Gasteiger partial charge on any atom is 0.169 e. The summed E-state index contributed by atoms with van der Waals surface area (Å²) in [5.41, 5.74) is 4.82. The average molecular weight is 513 g/mol. The second kappa shape index (κ2) is 8.14. The Morgan fingerprint density at radius 1 is 1.16 bits per heavy atom. The highest BCUT2D eigenvalue weighted by Crippen LogP contribution is 2.55. The molecule has 4 nitrogen and oxygen atoms in total. The van der Waals surface area contributed by atoms with Gasteiger partial charge in [-0.25, -0.2) is 0 Å². The number of halogens is 1. The fourth-order valence-corrected chi connectivity index (χ4v) is 6.67. The third kappa shape index (κ3) is 3.38. The number of hydrogen-bond acceptors (Lipinski definition) is 5. The van der Waals surface area contributed by atoms with E-state index in [1.54, 1.807) is 11.8 Å². The van der Waals surface area contributed by atoms with Crippen LogP contribution in [-0.4, -0.2) is 35.3 Å². The number of rotatable bonds is 4. The predicted molar refractivity (Wildman–Crippen MR) is 139 cm³/mol. The first-order valence-corrected chi connectivity index (χ1v) is 13.0. The third-order valence-corrected chi connectivity index (χ3v) is 8.59. The van der Waals surface area contributed by atoms with E-state index in [2.05, 4.69) is 103 Å². The average Bonchev–Trinajstić information content (AvgIpc) is 3.11. The van der Waals surface area contributed by atoms with E-state index < -0.39 is 0 Å². The zero-order valence-corrected chi connectivity index (χ0v) is 21.8. The van der Waals surface area contributed by atoms with E-state index >= 15 is 0 Å². The molecule has 0 N–H and O–H groups in total. The molecule has 0 bridgehead atoms. The van der Waals surface area contributed by atoms with Gasteiger partial charge in [0.25, 0.3) is 0 Å². The topological polar surface area (TPSA) is 28.1 Å². The summed E-state index contributed by atoms with van der Waals surface area (Å²) < 4.78 is 7.48. The minimum atomic E-state index is -0.121. The van der Waals surface area contributed by atoms with E-state index in [1.807, 2.05) is 0 Å². The van der Waals surface area contributed by atoms with Crippen LogP contribution in [0.2, 0.25) is 0 Å². The SMILES string of the molecule is CCN(CC)c1ccc2c(c1)OC[C@H]1[C@@H]2N=C2SC(C)=C(c3ccc(Br)cc3)N2C1(C)C. The van der Waals surface area contributed by atoms with Crippen LogP contribution in [0.4, 0.5) is 5.69 Å². The number of thioether (sulfide) groups is 1. The van der Waals surface area contributed by atoms with Crippen LogP contribution in [0.25, 0.3) is 5.70 Å². The van der Waals surface area contributed by atoms with E-state index in [0.717, 1.165) is 28.5 Å². The van der Waals surface area contributed by atoms with Gasteiger partial charge in [0.05, 0.1) is 18.3 Å². The van der Waals surface area contributed by atoms with Crippen molar-refractivity contribution < 1.29 is 4.74 Å². The summed E-state index contributed by atoms with van der Waals surface area (Å²) in [5, 5.41) is 1.10. The Hall–Kier alpha value is -1.92. The Labute approximate surface area is 203 Å². The smallest absolute Gasteiger partial charge is 0.169 e. The minimum Gasteiger partial charge on any atom is -0.493 e. The van der Waals surface area contributed by atoms with E-state index in [0.29, 0.717) is 6.61 Å². The summed E-state index contributed by atoms with van der Waals surface area (Å²) in [7, 11) is 0. The molecule has 0 saturated heterocycles. The molecule has 2 aromatic rings. The number of hydrogen-bond donors (Lipinski definition) is 0. The number of aliphatic imine (C=N–C) groups is 1. The lowest BCUT2D eigenvalue weighted by atomic mass is 9.75. The van der Waals surface area contributed by atoms with Gasteiger partial charge < -0.3 is 14.5 Å². The van der Waals surface area contributed by atoms with Crippen LogP contribution in [-0.2, 0) is 0 Å². The zero-order valence-electron chi connectivity index (χ0n) is 19.4. The molecule has 0 fully saturated rings. The predicted octanol–water partition coefficient (Wildman–Crippen LogP) is 6.93. The van der Waals surface area contributed by atoms with Crippen molar-refractivity contribution in [1.29, 1.82) is 0 Å². The molecule has 3 heterocycles. The van der Waals surface area contributed by atoms with Gasteiger partial charge in [-0.1, -0.05) is 45.9 Å². The molecule has 0 radical (unpaired) electrons. The van der Waals surface area contributed by atoms with Crippen molar-refractivity contribution in [3.05, 3.63) is 63.0 Å². The molecule has 0 saturated carbocycles. The quantitative estimate of drug-likeness (QED) is 0.444. The summed E-state index contributed by atoms with van der Waals surface area (Å²) in [6.45, 7) is 13.9. The van der Waals surface area contributed by atoms with Crippen molar-refractivity contribution in [3.63, 3.8) is 0 Å². The van der Waals surface area contributed by atoms with Crippen molar-refractivity contribution in [2.24, 2.45) is 10.9 Å². The van der Waals surface area contributed by atoms with Gasteiger partial charge in [-0.15, -0.1) is 0 Å². The summed E-state index contributed by atoms with van der Waals surface area (Å²) in [6.07, 6.45) is 0. The van der Waals surface area contributed by atoms with Gasteiger partial charge in [0.15, 0.2) is 5.17 Å². The Balaban J connectivity index is 1.56. The molecule has 5 rings (SSSR count). The van der Waals surface area contributed by atoms with E-state index in [-0.39, 0.29) is 17.5 Å². The van der Waals surface area contributed by atoms with Crippen LogP contribution in [0.1, 0.15) is 51.8 Å². The molecule has 6 heteroatoms. The number of allylic oxidation sites excluding steroid dienone is 1. The van der Waals surface area contributed by atoms with E-state index in [4.69, 9.17) is 9.73 Å². The molecule has 2 aromatic carbocycles. The molecule has 2 atom stereocenters. The fraction of sp³-hybridized carbons (Fsp3) is 0.423. The van der Waals surface area contributed by atoms with Crippen molar-refractivity contribution in [1.82, 2.24) is 4.90 Å². The van der Waals surface area contributed by atoms with E-state index in [1.165, 1.54) is 27.4 Å². The van der Waals surface area contributed by atoms with Crippen molar-refractivity contribution >= 4 is 44.2 Å². The van der Waals surface area contributed by atoms with Gasteiger partial charge >= 0.3 is 0 Å². The number of anilines is 1. The first-order chi connectivity index (χ1) is 15.3. The van der Waals surface area contributed by atoms with Crippen molar-refractivity contribution in [2.45, 2.75) is 46.2 Å². The first kappa shape index (κ1) is 21.9. The van der Waals surface area contributed by atoms with Gasteiger partial charge in [0.1, 0.15) is 5.75 Å². The maximum absolute atomic E-state index is 6.39. The van der Waals surface area contributed by atoms with Gasteiger partial charge in [-0.2, -0.15) is 0 Å². The lowest BCUT2D eigenvalue weighted by Crippen LogP contribution is -2.56. The highest BCUT2D eigenvalue weighted by atomic mass is 79.9. The minimum absolute atomic E-state index is 0.121. The molecule has 0 spiro atoms. The Morgan fingerprint density at radius 3 is 2.56 bits per heavy atom. The molecule has 32 heavy (non-hydrogen) atoms. The fourth-order valence-electron chi connectivity index (χ4n) is 5.24. The molecule has 168 valence electrons. The summed E-state index contributed by atoms with van der Waals surface area (Å²) in [4.78, 5) is 11.4. The monoisotopic (exact) mass is 511 g/mol. The Kier molecular flexibility index (Phi) is 5.57. The second-order valence-corrected chi connectivity index (χ2v) is 11.3. The van der Waals surface area contributed by atoms with Crippen molar-refractivity contribution in [3.8, 4) is 5.75 Å². The highest BCUT2D eigenvalue weighted by Gasteiger charge is 2.52. The van der Waals surface area contributed by atoms with Gasteiger partial charge in [0.2, 0.25) is 0 Å². The van der Waals surface area contributed by atoms with Crippen molar-refractivity contribution in [2.75, 3.05) is 24.6 Å². The Morgan fingerprint density at radius 2 is 1.88 bits per heavy atom. The summed E-state index contributed by atoms with van der Waals surface area (Å²) in [5.74, 6) is 1.26. The molecule has 0 unspecified atom stereocenters. The molecule has 3 aliphatic heterocycles. The van der Waals surface area contributed by atoms with Gasteiger partial charge in [-0.3, -0.25) is 4.99 Å². The van der Waals surface area contributed by atoms with Crippen LogP contribution in [0.3, 0.4) is 0 Å². The molecular formula is C26H30BrN3OS. The highest BCUT2D eigenvalue weighted by molar-refractivity contribution is 9.10. The van der Waals surface area contributed by atoms with Crippen LogP contribution in [0.5, 0.6) is 5.75 Å². The normalized spacial score (nSPS) is 23.2. The third-order valence-electron chi connectivity index (χ3n) is 7.09. The molecule has 0 aliphatic carbocycles. The number of benzene rings is 2. The molecule has 0 aromatic heterocycles. The number of nitrogens with zero attached hydrogens (tertiary/aromatic N) is 3. The summed E-state index contributed by atoms with van der Waals surface area (Å²) in [6, 6.07) is 15.4. The van der Waals surface area contributed by atoms with Gasteiger partial charge in [0, 0.05) is 51.2 Å². The molecule has 0 amide bonds. The van der Waals surface area contributed by atoms with Crippen LogP contribution >= 0.6 is 27.7 Å². The summed E-state index contributed by atoms with van der Waals surface area (Å²) >= 11 is 5.37.